The molecule has 0 aromatic rings. The van der Waals surface area contributed by atoms with E-state index in [2.05, 4.69) is 52.9 Å². The zero-order valence-electron chi connectivity index (χ0n) is 16.8. The van der Waals surface area contributed by atoms with Gasteiger partial charge in [-0.15, -0.1) is 0 Å². The third kappa shape index (κ3) is 5.39. The molecule has 5 nitrogen and oxygen atoms in total. The van der Waals surface area contributed by atoms with Gasteiger partial charge in [0.2, 0.25) is 0 Å². The van der Waals surface area contributed by atoms with Crippen LogP contribution in [-0.2, 0) is 14.0 Å². The van der Waals surface area contributed by atoms with Crippen LogP contribution in [0.2, 0.25) is 18.1 Å². The molecule has 146 valence electrons. The molecule has 0 aromatic carbocycles. The fourth-order valence-corrected chi connectivity index (χ4v) is 4.50. The van der Waals surface area contributed by atoms with Gasteiger partial charge in [-0.1, -0.05) is 39.8 Å². The van der Waals surface area contributed by atoms with E-state index in [1.165, 1.54) is 7.11 Å². The van der Waals surface area contributed by atoms with Gasteiger partial charge >= 0.3 is 5.97 Å². The summed E-state index contributed by atoms with van der Waals surface area (Å²) in [4.78, 5) is 11.8. The molecule has 0 saturated heterocycles. The van der Waals surface area contributed by atoms with Crippen LogP contribution < -0.4 is 0 Å². The standard InChI is InChI=1S/C19H36O5Si/c1-8-9-10-11-13-14(12-15(20)23-5)16(21)17(22)18(13)24-25(6,7)19(2,3)4/h9-10,13-14,16-18,21-22H,8,11-12H2,1-7H3/b10-9-/t13-,14+,16-,17-,18+/m0/s1. The SMILES string of the molecule is CC/C=C\C[C@H]1[C@@H](CC(=O)OC)[C@H](O)[C@H](O)[C@@H]1O[Si](C)(C)C(C)(C)C. The highest BCUT2D eigenvalue weighted by Gasteiger charge is 2.53. The van der Waals surface area contributed by atoms with Crippen molar-refractivity contribution in [3.63, 3.8) is 0 Å². The fraction of sp³-hybridized carbons (Fsp3) is 0.842. The second-order valence-corrected chi connectivity index (χ2v) is 13.3. The number of aliphatic hydroxyl groups excluding tert-OH is 2. The number of hydrogen-bond donors (Lipinski definition) is 2. The van der Waals surface area contributed by atoms with Gasteiger partial charge < -0.3 is 19.4 Å². The van der Waals surface area contributed by atoms with Crippen molar-refractivity contribution in [3.8, 4) is 0 Å². The van der Waals surface area contributed by atoms with Crippen LogP contribution in [0.25, 0.3) is 0 Å². The number of methoxy groups -OCH3 is 1. The summed E-state index contributed by atoms with van der Waals surface area (Å²) in [6, 6.07) is 0. The minimum absolute atomic E-state index is 0.00190. The Morgan fingerprint density at radius 2 is 1.72 bits per heavy atom. The van der Waals surface area contributed by atoms with Crippen LogP contribution in [0.5, 0.6) is 0 Å². The van der Waals surface area contributed by atoms with Gasteiger partial charge in [-0.2, -0.15) is 0 Å². The lowest BCUT2D eigenvalue weighted by molar-refractivity contribution is -0.143. The van der Waals surface area contributed by atoms with Crippen LogP contribution in [0.3, 0.4) is 0 Å². The first-order chi connectivity index (χ1) is 11.5. The Kier molecular flexibility index (Phi) is 7.86. The van der Waals surface area contributed by atoms with Crippen molar-refractivity contribution in [1.82, 2.24) is 0 Å². The molecule has 1 aliphatic carbocycles. The summed E-state index contributed by atoms with van der Waals surface area (Å²) >= 11 is 0. The lowest BCUT2D eigenvalue weighted by Gasteiger charge is -2.40. The van der Waals surface area contributed by atoms with Crippen LogP contribution >= 0.6 is 0 Å². The monoisotopic (exact) mass is 372 g/mol. The maximum atomic E-state index is 11.8. The second-order valence-electron chi connectivity index (χ2n) is 8.55. The largest absolute Gasteiger partial charge is 0.469 e. The van der Waals surface area contributed by atoms with E-state index in [1.807, 2.05) is 0 Å². The normalized spacial score (nSPS) is 30.8. The lowest BCUT2D eigenvalue weighted by atomic mass is 9.88. The number of carbonyl (C=O) groups excluding carboxylic acids is 1. The van der Waals surface area contributed by atoms with Crippen molar-refractivity contribution >= 4 is 14.3 Å². The summed E-state index contributed by atoms with van der Waals surface area (Å²) in [6.07, 6.45) is 3.38. The molecule has 0 spiro atoms. The summed E-state index contributed by atoms with van der Waals surface area (Å²) in [5.41, 5.74) is 0. The van der Waals surface area contributed by atoms with E-state index in [4.69, 9.17) is 9.16 Å². The quantitative estimate of drug-likeness (QED) is 0.407. The first-order valence-corrected chi connectivity index (χ1v) is 12.1. The van der Waals surface area contributed by atoms with Gasteiger partial charge in [0, 0.05) is 5.92 Å². The molecule has 0 unspecified atom stereocenters. The topological polar surface area (TPSA) is 76.0 Å². The molecule has 0 amide bonds. The Balaban J connectivity index is 3.09. The molecule has 1 rings (SSSR count). The summed E-state index contributed by atoms with van der Waals surface area (Å²) < 4.78 is 11.3. The van der Waals surface area contributed by atoms with E-state index in [0.29, 0.717) is 6.42 Å². The van der Waals surface area contributed by atoms with E-state index in [-0.39, 0.29) is 29.3 Å². The van der Waals surface area contributed by atoms with Crippen LogP contribution in [0.1, 0.15) is 47.0 Å². The summed E-state index contributed by atoms with van der Waals surface area (Å²) in [7, 11) is -0.777. The van der Waals surface area contributed by atoms with Crippen molar-refractivity contribution in [2.75, 3.05) is 7.11 Å². The van der Waals surface area contributed by atoms with Crippen molar-refractivity contribution < 1.29 is 24.2 Å². The first kappa shape index (κ1) is 22.3. The van der Waals surface area contributed by atoms with E-state index in [1.54, 1.807) is 0 Å². The zero-order valence-corrected chi connectivity index (χ0v) is 17.8. The third-order valence-corrected chi connectivity index (χ3v) is 10.2. The smallest absolute Gasteiger partial charge is 0.305 e. The Labute approximate surface area is 153 Å². The van der Waals surface area contributed by atoms with Crippen LogP contribution in [0, 0.1) is 11.8 Å². The van der Waals surface area contributed by atoms with Gasteiger partial charge in [-0.25, -0.2) is 0 Å². The molecule has 0 radical (unpaired) electrons. The Bertz CT molecular complexity index is 469. The first-order valence-electron chi connectivity index (χ1n) is 9.22. The Hall–Kier alpha value is -0.693. The molecule has 5 atom stereocenters. The molecule has 6 heteroatoms. The average molecular weight is 373 g/mol. The molecule has 1 fully saturated rings. The molecule has 1 aliphatic rings. The van der Waals surface area contributed by atoms with E-state index in [9.17, 15) is 15.0 Å². The van der Waals surface area contributed by atoms with Crippen molar-refractivity contribution in [2.45, 2.75) is 83.4 Å². The number of rotatable bonds is 7. The highest BCUT2D eigenvalue weighted by Crippen LogP contribution is 2.44. The van der Waals surface area contributed by atoms with Gasteiger partial charge in [0.25, 0.3) is 0 Å². The van der Waals surface area contributed by atoms with Gasteiger partial charge in [-0.3, -0.25) is 4.79 Å². The second kappa shape index (κ2) is 8.80. The minimum Gasteiger partial charge on any atom is -0.469 e. The number of ether oxygens (including phenoxy) is 1. The molecule has 0 aromatic heterocycles. The van der Waals surface area contributed by atoms with Crippen molar-refractivity contribution in [2.24, 2.45) is 11.8 Å². The highest BCUT2D eigenvalue weighted by molar-refractivity contribution is 6.74. The van der Waals surface area contributed by atoms with Gasteiger partial charge in [0.1, 0.15) is 6.10 Å². The Morgan fingerprint density at radius 1 is 1.12 bits per heavy atom. The zero-order chi connectivity index (χ0) is 19.4. The predicted octanol–water partition coefficient (Wildman–Crippen LogP) is 3.26. The average Bonchev–Trinajstić information content (AvgIpc) is 2.71. The molecule has 0 bridgehead atoms. The third-order valence-electron chi connectivity index (χ3n) is 5.77. The predicted molar refractivity (Wildman–Crippen MR) is 102 cm³/mol. The Morgan fingerprint density at radius 3 is 2.20 bits per heavy atom. The molecule has 1 saturated carbocycles. The molecular formula is C19H36O5Si. The summed E-state index contributed by atoms with van der Waals surface area (Å²) in [5, 5.41) is 21.2. The molecule has 0 heterocycles. The molecular weight excluding hydrogens is 336 g/mol. The highest BCUT2D eigenvalue weighted by atomic mass is 28.4. The van der Waals surface area contributed by atoms with Crippen LogP contribution in [0.15, 0.2) is 12.2 Å². The van der Waals surface area contributed by atoms with Crippen molar-refractivity contribution in [1.29, 1.82) is 0 Å². The van der Waals surface area contributed by atoms with Gasteiger partial charge in [0.15, 0.2) is 8.32 Å². The molecule has 0 aliphatic heterocycles. The number of hydrogen-bond acceptors (Lipinski definition) is 5. The van der Waals surface area contributed by atoms with Crippen LogP contribution in [-0.4, -0.2) is 49.9 Å². The number of allylic oxidation sites excluding steroid dienone is 2. The van der Waals surface area contributed by atoms with Crippen molar-refractivity contribution in [3.05, 3.63) is 12.2 Å². The lowest BCUT2D eigenvalue weighted by Crippen LogP contribution is -2.48. The molecule has 2 N–H and O–H groups in total. The van der Waals surface area contributed by atoms with Gasteiger partial charge in [0.05, 0.1) is 25.7 Å². The number of esters is 1. The van der Waals surface area contributed by atoms with Gasteiger partial charge in [-0.05, 0) is 36.9 Å². The fourth-order valence-electron chi connectivity index (χ4n) is 3.15. The molecule has 25 heavy (non-hydrogen) atoms. The van der Waals surface area contributed by atoms with E-state index < -0.39 is 26.6 Å². The summed E-state index contributed by atoms with van der Waals surface area (Å²) in [5.74, 6) is -0.839. The van der Waals surface area contributed by atoms with E-state index in [0.717, 1.165) is 6.42 Å². The summed E-state index contributed by atoms with van der Waals surface area (Å²) in [6.45, 7) is 12.8. The minimum atomic E-state index is -2.12. The number of aliphatic hydroxyl groups is 2. The van der Waals surface area contributed by atoms with Crippen LogP contribution in [0.4, 0.5) is 0 Å². The number of carbonyl (C=O) groups is 1. The maximum Gasteiger partial charge on any atom is 0.305 e. The van der Waals surface area contributed by atoms with E-state index >= 15 is 0 Å². The maximum absolute atomic E-state index is 11.8.